The molecule has 2 aromatic rings. The van der Waals surface area contributed by atoms with Gasteiger partial charge in [-0.2, -0.15) is 0 Å². The van der Waals surface area contributed by atoms with E-state index in [9.17, 15) is 8.42 Å². The van der Waals surface area contributed by atoms with E-state index in [1.807, 2.05) is 6.07 Å². The summed E-state index contributed by atoms with van der Waals surface area (Å²) in [6.45, 7) is 1.68. The van der Waals surface area contributed by atoms with Crippen LogP contribution in [0.4, 0.5) is 0 Å². The van der Waals surface area contributed by atoms with Crippen LogP contribution in [-0.2, 0) is 19.5 Å². The Kier molecular flexibility index (Phi) is 4.89. The molecule has 0 bridgehead atoms. The Morgan fingerprint density at radius 3 is 2.57 bits per heavy atom. The second-order valence-electron chi connectivity index (χ2n) is 4.60. The van der Waals surface area contributed by atoms with E-state index in [1.54, 1.807) is 37.5 Å². The zero-order valence-corrected chi connectivity index (χ0v) is 12.9. The SMILES string of the molecule is COC(OC)C(C)NS(=O)(=O)c1cccc2cnccc12. The van der Waals surface area contributed by atoms with Gasteiger partial charge in [0.2, 0.25) is 10.0 Å². The van der Waals surface area contributed by atoms with Gasteiger partial charge in [0.05, 0.1) is 10.9 Å². The first-order valence-electron chi connectivity index (χ1n) is 6.40. The molecule has 1 unspecified atom stereocenters. The molecule has 0 fully saturated rings. The maximum Gasteiger partial charge on any atom is 0.241 e. The molecule has 0 aliphatic carbocycles. The third-order valence-corrected chi connectivity index (χ3v) is 4.76. The van der Waals surface area contributed by atoms with Gasteiger partial charge in [0, 0.05) is 37.4 Å². The van der Waals surface area contributed by atoms with Crippen LogP contribution in [0.3, 0.4) is 0 Å². The fourth-order valence-electron chi connectivity index (χ4n) is 2.20. The van der Waals surface area contributed by atoms with Crippen molar-refractivity contribution in [2.75, 3.05) is 14.2 Å². The van der Waals surface area contributed by atoms with Gasteiger partial charge in [-0.05, 0) is 19.1 Å². The van der Waals surface area contributed by atoms with Crippen molar-refractivity contribution in [2.24, 2.45) is 0 Å². The Labute approximate surface area is 124 Å². The largest absolute Gasteiger partial charge is 0.354 e. The molecule has 7 heteroatoms. The van der Waals surface area contributed by atoms with Crippen LogP contribution in [0.5, 0.6) is 0 Å². The summed E-state index contributed by atoms with van der Waals surface area (Å²) in [6, 6.07) is 6.22. The molecule has 1 N–H and O–H groups in total. The lowest BCUT2D eigenvalue weighted by molar-refractivity contribution is -0.115. The van der Waals surface area contributed by atoms with Crippen LogP contribution < -0.4 is 4.72 Å². The number of methoxy groups -OCH3 is 2. The van der Waals surface area contributed by atoms with Crippen molar-refractivity contribution < 1.29 is 17.9 Å². The number of sulfonamides is 1. The summed E-state index contributed by atoms with van der Waals surface area (Å²) in [6.07, 6.45) is 2.54. The van der Waals surface area contributed by atoms with Crippen molar-refractivity contribution in [3.8, 4) is 0 Å². The minimum absolute atomic E-state index is 0.209. The van der Waals surface area contributed by atoms with E-state index in [0.717, 1.165) is 5.39 Å². The van der Waals surface area contributed by atoms with E-state index in [0.29, 0.717) is 5.39 Å². The molecule has 1 aromatic carbocycles. The molecule has 0 saturated heterocycles. The second-order valence-corrected chi connectivity index (χ2v) is 6.29. The van der Waals surface area contributed by atoms with E-state index >= 15 is 0 Å². The minimum atomic E-state index is -3.69. The molecule has 21 heavy (non-hydrogen) atoms. The van der Waals surface area contributed by atoms with Gasteiger partial charge in [0.1, 0.15) is 0 Å². The summed E-state index contributed by atoms with van der Waals surface area (Å²) in [7, 11) is -0.767. The summed E-state index contributed by atoms with van der Waals surface area (Å²) >= 11 is 0. The van der Waals surface area contributed by atoms with Crippen molar-refractivity contribution in [3.05, 3.63) is 36.7 Å². The maximum atomic E-state index is 12.6. The smallest absolute Gasteiger partial charge is 0.241 e. The highest BCUT2D eigenvalue weighted by molar-refractivity contribution is 7.89. The Morgan fingerprint density at radius 1 is 1.19 bits per heavy atom. The highest BCUT2D eigenvalue weighted by Gasteiger charge is 2.24. The third-order valence-electron chi connectivity index (χ3n) is 3.14. The minimum Gasteiger partial charge on any atom is -0.354 e. The molecule has 0 spiro atoms. The van der Waals surface area contributed by atoms with Crippen molar-refractivity contribution in [1.82, 2.24) is 9.71 Å². The van der Waals surface area contributed by atoms with Gasteiger partial charge < -0.3 is 9.47 Å². The molecule has 0 radical (unpaired) electrons. The number of benzene rings is 1. The predicted octanol–water partition coefficient (Wildman–Crippen LogP) is 1.52. The first kappa shape index (κ1) is 15.8. The Bertz CT molecular complexity index is 708. The lowest BCUT2D eigenvalue weighted by Crippen LogP contribution is -2.42. The fourth-order valence-corrected chi connectivity index (χ4v) is 3.66. The summed E-state index contributed by atoms with van der Waals surface area (Å²) in [5.74, 6) is 0. The van der Waals surface area contributed by atoms with Gasteiger partial charge in [-0.25, -0.2) is 13.1 Å². The topological polar surface area (TPSA) is 77.5 Å². The number of hydrogen-bond acceptors (Lipinski definition) is 5. The molecule has 1 aromatic heterocycles. The van der Waals surface area contributed by atoms with E-state index in [4.69, 9.17) is 9.47 Å². The van der Waals surface area contributed by atoms with Crippen LogP contribution in [0, 0.1) is 0 Å². The monoisotopic (exact) mass is 310 g/mol. The molecule has 114 valence electrons. The van der Waals surface area contributed by atoms with Crippen molar-refractivity contribution in [2.45, 2.75) is 24.2 Å². The molecule has 0 aliphatic heterocycles. The third kappa shape index (κ3) is 3.38. The summed E-state index contributed by atoms with van der Waals surface area (Å²) in [5, 5.41) is 1.39. The number of aromatic nitrogens is 1. The lowest BCUT2D eigenvalue weighted by Gasteiger charge is -2.22. The molecule has 0 aliphatic rings. The first-order chi connectivity index (χ1) is 9.99. The van der Waals surface area contributed by atoms with Gasteiger partial charge in [-0.1, -0.05) is 12.1 Å². The average molecular weight is 310 g/mol. The molecule has 0 saturated carbocycles. The van der Waals surface area contributed by atoms with Crippen molar-refractivity contribution in [3.63, 3.8) is 0 Å². The lowest BCUT2D eigenvalue weighted by atomic mass is 10.2. The second kappa shape index (κ2) is 6.48. The molecule has 6 nitrogen and oxygen atoms in total. The number of nitrogens with one attached hydrogen (secondary N) is 1. The number of nitrogens with zero attached hydrogens (tertiary/aromatic N) is 1. The number of fused-ring (bicyclic) bond motifs is 1. The first-order valence-corrected chi connectivity index (χ1v) is 7.88. The van der Waals surface area contributed by atoms with E-state index in [-0.39, 0.29) is 4.90 Å². The van der Waals surface area contributed by atoms with Crippen LogP contribution in [0.2, 0.25) is 0 Å². The van der Waals surface area contributed by atoms with Gasteiger partial charge in [-0.15, -0.1) is 0 Å². The summed E-state index contributed by atoms with van der Waals surface area (Å²) in [4.78, 5) is 4.21. The molecule has 2 rings (SSSR count). The van der Waals surface area contributed by atoms with Crippen molar-refractivity contribution >= 4 is 20.8 Å². The van der Waals surface area contributed by atoms with E-state index in [1.165, 1.54) is 14.2 Å². The van der Waals surface area contributed by atoms with Crippen LogP contribution in [0.1, 0.15) is 6.92 Å². The van der Waals surface area contributed by atoms with Crippen LogP contribution in [0.25, 0.3) is 10.8 Å². The average Bonchev–Trinajstić information content (AvgIpc) is 2.47. The quantitative estimate of drug-likeness (QED) is 0.819. The Balaban J connectivity index is 2.38. The molecule has 1 atom stereocenters. The number of hydrogen-bond donors (Lipinski definition) is 1. The zero-order chi connectivity index (χ0) is 15.5. The Hall–Kier alpha value is -1.54. The van der Waals surface area contributed by atoms with Crippen LogP contribution in [0.15, 0.2) is 41.6 Å². The molecule has 1 heterocycles. The van der Waals surface area contributed by atoms with Gasteiger partial charge >= 0.3 is 0 Å². The Morgan fingerprint density at radius 2 is 1.90 bits per heavy atom. The molecule has 0 amide bonds. The van der Waals surface area contributed by atoms with Crippen LogP contribution in [-0.4, -0.2) is 40.0 Å². The van der Waals surface area contributed by atoms with E-state index < -0.39 is 22.4 Å². The maximum absolute atomic E-state index is 12.6. The normalized spacial score (nSPS) is 13.7. The standard InChI is InChI=1S/C14H18N2O4S/c1-10(14(19-2)20-3)16-21(17,18)13-6-4-5-11-9-15-8-7-12(11)13/h4-10,14,16H,1-3H3. The number of ether oxygens (including phenoxy) is 2. The molecular weight excluding hydrogens is 292 g/mol. The van der Waals surface area contributed by atoms with Crippen molar-refractivity contribution in [1.29, 1.82) is 0 Å². The summed E-state index contributed by atoms with van der Waals surface area (Å²) in [5.41, 5.74) is 0. The van der Waals surface area contributed by atoms with Gasteiger partial charge in [-0.3, -0.25) is 4.98 Å². The highest BCUT2D eigenvalue weighted by Crippen LogP contribution is 2.22. The number of pyridine rings is 1. The molecular formula is C14H18N2O4S. The van der Waals surface area contributed by atoms with Crippen LogP contribution >= 0.6 is 0 Å². The van der Waals surface area contributed by atoms with Gasteiger partial charge in [0.25, 0.3) is 0 Å². The van der Waals surface area contributed by atoms with E-state index in [2.05, 4.69) is 9.71 Å². The zero-order valence-electron chi connectivity index (χ0n) is 12.1. The number of rotatable bonds is 6. The predicted molar refractivity (Wildman–Crippen MR) is 79.3 cm³/mol. The summed E-state index contributed by atoms with van der Waals surface area (Å²) < 4.78 is 37.8. The van der Waals surface area contributed by atoms with Gasteiger partial charge in [0.15, 0.2) is 6.29 Å². The fraction of sp³-hybridized carbons (Fsp3) is 0.357. The highest BCUT2D eigenvalue weighted by atomic mass is 32.2.